The van der Waals surface area contributed by atoms with Crippen LogP contribution in [-0.4, -0.2) is 0 Å². The highest BCUT2D eigenvalue weighted by atomic mass is 79.9. The summed E-state index contributed by atoms with van der Waals surface area (Å²) >= 11 is 6.88. The Morgan fingerprint density at radius 2 is 1.79 bits per heavy atom. The van der Waals surface area contributed by atoms with Crippen molar-refractivity contribution in [3.05, 3.63) is 68.6 Å². The fourth-order valence-corrected chi connectivity index (χ4v) is 2.39. The van der Waals surface area contributed by atoms with Crippen LogP contribution in [0.15, 0.2) is 57.5 Å². The fraction of sp³-hybridized carbons (Fsp3) is 0.133. The van der Waals surface area contributed by atoms with Crippen molar-refractivity contribution in [3.8, 4) is 6.07 Å². The molecule has 0 radical (unpaired) electrons. The number of rotatable bonds is 4. The third-order valence-corrected chi connectivity index (χ3v) is 4.64. The number of nitrogens with zero attached hydrogens (tertiary/aromatic N) is 1. The second kappa shape index (κ2) is 6.85. The molecule has 1 unspecified atom stereocenters. The Kier molecular flexibility index (Phi) is 5.15. The Balaban J connectivity index is 2.08. The summed E-state index contributed by atoms with van der Waals surface area (Å²) in [5.41, 5.74) is 2.12. The molecule has 0 aromatic heterocycles. The van der Waals surface area contributed by atoms with Gasteiger partial charge in [-0.3, -0.25) is 5.32 Å². The summed E-state index contributed by atoms with van der Waals surface area (Å²) in [6.07, 6.45) is 0. The van der Waals surface area contributed by atoms with Crippen LogP contribution in [0.2, 0.25) is 0 Å². The van der Waals surface area contributed by atoms with Crippen LogP contribution in [0, 0.1) is 11.3 Å². The van der Waals surface area contributed by atoms with Gasteiger partial charge < -0.3 is 0 Å². The number of hydrogen-bond donors (Lipinski definition) is 1. The Bertz CT molecular complexity index is 591. The summed E-state index contributed by atoms with van der Waals surface area (Å²) < 4.78 is 1.93. The van der Waals surface area contributed by atoms with Crippen molar-refractivity contribution in [3.63, 3.8) is 0 Å². The van der Waals surface area contributed by atoms with Crippen LogP contribution in [-0.2, 0) is 6.54 Å². The fourth-order valence-electron chi connectivity index (χ4n) is 1.75. The predicted molar refractivity (Wildman–Crippen MR) is 83.5 cm³/mol. The lowest BCUT2D eigenvalue weighted by Gasteiger charge is -2.12. The van der Waals surface area contributed by atoms with Gasteiger partial charge in [0.25, 0.3) is 0 Å². The molecule has 0 fully saturated rings. The molecule has 2 aromatic rings. The largest absolute Gasteiger partial charge is 0.294 e. The molecule has 2 rings (SSSR count). The van der Waals surface area contributed by atoms with E-state index in [1.54, 1.807) is 0 Å². The zero-order valence-electron chi connectivity index (χ0n) is 10.1. The highest BCUT2D eigenvalue weighted by Crippen LogP contribution is 2.26. The topological polar surface area (TPSA) is 35.8 Å². The van der Waals surface area contributed by atoms with Gasteiger partial charge in [0.15, 0.2) is 0 Å². The minimum Gasteiger partial charge on any atom is -0.294 e. The first kappa shape index (κ1) is 14.3. The first-order valence-electron chi connectivity index (χ1n) is 5.82. The van der Waals surface area contributed by atoms with E-state index in [4.69, 9.17) is 0 Å². The number of benzene rings is 2. The molecule has 0 heterocycles. The molecule has 0 bridgehead atoms. The Morgan fingerprint density at radius 3 is 2.42 bits per heavy atom. The van der Waals surface area contributed by atoms with Gasteiger partial charge in [0, 0.05) is 15.5 Å². The lowest BCUT2D eigenvalue weighted by molar-refractivity contribution is 0.630. The van der Waals surface area contributed by atoms with Crippen LogP contribution in [0.25, 0.3) is 0 Å². The van der Waals surface area contributed by atoms with Gasteiger partial charge in [-0.05, 0) is 55.1 Å². The van der Waals surface area contributed by atoms with E-state index in [0.717, 1.165) is 14.5 Å². The number of nitrogens with one attached hydrogen (secondary N) is 1. The van der Waals surface area contributed by atoms with Gasteiger partial charge in [-0.2, -0.15) is 5.26 Å². The van der Waals surface area contributed by atoms with E-state index in [1.165, 1.54) is 5.56 Å². The summed E-state index contributed by atoms with van der Waals surface area (Å²) in [4.78, 5) is 0. The summed E-state index contributed by atoms with van der Waals surface area (Å²) in [6.45, 7) is 0.673. The molecule has 1 atom stereocenters. The molecule has 0 saturated carbocycles. The minimum absolute atomic E-state index is 0.315. The van der Waals surface area contributed by atoms with Crippen LogP contribution in [0.4, 0.5) is 0 Å². The van der Waals surface area contributed by atoms with Crippen molar-refractivity contribution in [1.29, 1.82) is 5.26 Å². The molecule has 1 N–H and O–H groups in total. The van der Waals surface area contributed by atoms with E-state index >= 15 is 0 Å². The molecule has 96 valence electrons. The van der Waals surface area contributed by atoms with Crippen LogP contribution < -0.4 is 5.32 Å². The Hall–Kier alpha value is -1.15. The molecule has 0 spiro atoms. The first-order valence-corrected chi connectivity index (χ1v) is 7.41. The van der Waals surface area contributed by atoms with E-state index < -0.39 is 0 Å². The highest BCUT2D eigenvalue weighted by molar-refractivity contribution is 9.13. The van der Waals surface area contributed by atoms with Crippen molar-refractivity contribution in [2.24, 2.45) is 0 Å². The molecule has 2 nitrogen and oxygen atoms in total. The number of nitriles is 1. The van der Waals surface area contributed by atoms with Crippen LogP contribution in [0.3, 0.4) is 0 Å². The zero-order valence-corrected chi connectivity index (χ0v) is 13.3. The van der Waals surface area contributed by atoms with Crippen molar-refractivity contribution < 1.29 is 0 Å². The maximum Gasteiger partial charge on any atom is 0.121 e. The average molecular weight is 380 g/mol. The predicted octanol–water partition coefficient (Wildman–Crippen LogP) is 4.57. The van der Waals surface area contributed by atoms with Gasteiger partial charge in [-0.1, -0.05) is 36.4 Å². The first-order chi connectivity index (χ1) is 9.20. The Morgan fingerprint density at radius 1 is 1.05 bits per heavy atom. The van der Waals surface area contributed by atoms with E-state index in [0.29, 0.717) is 6.54 Å². The van der Waals surface area contributed by atoms with Gasteiger partial charge in [0.1, 0.15) is 6.04 Å². The normalized spacial score (nSPS) is 11.8. The molecular weight excluding hydrogens is 368 g/mol. The van der Waals surface area contributed by atoms with E-state index in [1.807, 2.05) is 48.5 Å². The molecule has 0 aliphatic rings. The summed E-state index contributed by atoms with van der Waals surface area (Å²) in [5.74, 6) is 0. The number of hydrogen-bond acceptors (Lipinski definition) is 2. The van der Waals surface area contributed by atoms with Gasteiger partial charge in [-0.15, -0.1) is 0 Å². The Labute approximate surface area is 129 Å². The maximum absolute atomic E-state index is 9.28. The molecule has 2 aromatic carbocycles. The van der Waals surface area contributed by atoms with Crippen LogP contribution in [0.1, 0.15) is 17.2 Å². The third-order valence-electron chi connectivity index (χ3n) is 2.76. The number of halogens is 2. The van der Waals surface area contributed by atoms with Crippen molar-refractivity contribution >= 4 is 31.9 Å². The lowest BCUT2D eigenvalue weighted by atomic mass is 10.1. The van der Waals surface area contributed by atoms with Crippen molar-refractivity contribution in [2.75, 3.05) is 0 Å². The van der Waals surface area contributed by atoms with E-state index in [-0.39, 0.29) is 6.04 Å². The van der Waals surface area contributed by atoms with E-state index in [2.05, 4.69) is 43.2 Å². The quantitative estimate of drug-likeness (QED) is 0.844. The van der Waals surface area contributed by atoms with E-state index in [9.17, 15) is 5.26 Å². The van der Waals surface area contributed by atoms with Gasteiger partial charge >= 0.3 is 0 Å². The van der Waals surface area contributed by atoms with Crippen molar-refractivity contribution in [1.82, 2.24) is 5.32 Å². The standard InChI is InChI=1S/C15H12Br2N2/c16-13-7-6-12(8-14(13)17)15(9-18)19-10-11-4-2-1-3-5-11/h1-8,15,19H,10H2. The molecule has 19 heavy (non-hydrogen) atoms. The molecule has 0 aliphatic heterocycles. The summed E-state index contributed by atoms with van der Waals surface area (Å²) in [6, 6.07) is 17.9. The zero-order chi connectivity index (χ0) is 13.7. The van der Waals surface area contributed by atoms with Crippen LogP contribution in [0.5, 0.6) is 0 Å². The summed E-state index contributed by atoms with van der Waals surface area (Å²) in [7, 11) is 0. The molecular formula is C15H12Br2N2. The highest BCUT2D eigenvalue weighted by Gasteiger charge is 2.11. The SMILES string of the molecule is N#CC(NCc1ccccc1)c1ccc(Br)c(Br)c1. The second-order valence-electron chi connectivity index (χ2n) is 4.10. The summed E-state index contributed by atoms with van der Waals surface area (Å²) in [5, 5.41) is 12.5. The van der Waals surface area contributed by atoms with Gasteiger partial charge in [0.05, 0.1) is 6.07 Å². The average Bonchev–Trinajstić information content (AvgIpc) is 2.44. The van der Waals surface area contributed by atoms with Crippen molar-refractivity contribution in [2.45, 2.75) is 12.6 Å². The minimum atomic E-state index is -0.315. The molecule has 0 amide bonds. The molecule has 0 aliphatic carbocycles. The van der Waals surface area contributed by atoms with Gasteiger partial charge in [-0.25, -0.2) is 0 Å². The van der Waals surface area contributed by atoms with Crippen LogP contribution >= 0.6 is 31.9 Å². The van der Waals surface area contributed by atoms with Gasteiger partial charge in [0.2, 0.25) is 0 Å². The smallest absolute Gasteiger partial charge is 0.121 e. The molecule has 0 saturated heterocycles. The maximum atomic E-state index is 9.28. The molecule has 4 heteroatoms. The third kappa shape index (κ3) is 3.90. The lowest BCUT2D eigenvalue weighted by Crippen LogP contribution is -2.19. The second-order valence-corrected chi connectivity index (χ2v) is 5.81. The monoisotopic (exact) mass is 378 g/mol.